The zero-order chi connectivity index (χ0) is 17.9. The minimum atomic E-state index is -3.61. The third-order valence-corrected chi connectivity index (χ3v) is 7.23. The first-order chi connectivity index (χ1) is 12.0. The fourth-order valence-electron chi connectivity index (χ4n) is 3.27. The van der Waals surface area contributed by atoms with E-state index in [4.69, 9.17) is 0 Å². The SMILES string of the molecule is CN1CCCC1CNS(=O)(=O)c1cccc(C(=O)N2CCSCC2)c1. The predicted molar refractivity (Wildman–Crippen MR) is 101 cm³/mol. The number of nitrogens with one attached hydrogen (secondary N) is 1. The highest BCUT2D eigenvalue weighted by molar-refractivity contribution is 7.99. The molecule has 1 amide bonds. The van der Waals surface area contributed by atoms with Crippen molar-refractivity contribution in [1.29, 1.82) is 0 Å². The van der Waals surface area contributed by atoms with E-state index in [2.05, 4.69) is 9.62 Å². The van der Waals surface area contributed by atoms with Crippen LogP contribution >= 0.6 is 11.8 Å². The predicted octanol–water partition coefficient (Wildman–Crippen LogP) is 1.25. The molecule has 1 unspecified atom stereocenters. The van der Waals surface area contributed by atoms with Gasteiger partial charge in [0.05, 0.1) is 4.90 Å². The Balaban J connectivity index is 1.70. The van der Waals surface area contributed by atoms with Crippen molar-refractivity contribution in [3.8, 4) is 0 Å². The highest BCUT2D eigenvalue weighted by atomic mass is 32.2. The van der Waals surface area contributed by atoms with Crippen LogP contribution in [0, 0.1) is 0 Å². The number of rotatable bonds is 5. The van der Waals surface area contributed by atoms with Crippen LogP contribution in [-0.4, -0.2) is 74.9 Å². The van der Waals surface area contributed by atoms with E-state index < -0.39 is 10.0 Å². The first-order valence-corrected chi connectivity index (χ1v) is 11.3. The summed E-state index contributed by atoms with van der Waals surface area (Å²) in [6, 6.07) is 6.61. The lowest BCUT2D eigenvalue weighted by molar-refractivity contribution is 0.0772. The number of sulfonamides is 1. The van der Waals surface area contributed by atoms with Crippen molar-refractivity contribution in [1.82, 2.24) is 14.5 Å². The lowest BCUT2D eigenvalue weighted by Crippen LogP contribution is -2.39. The Kier molecular flexibility index (Phi) is 6.04. The maximum atomic E-state index is 12.6. The quantitative estimate of drug-likeness (QED) is 0.829. The second-order valence-corrected chi connectivity index (χ2v) is 9.55. The van der Waals surface area contributed by atoms with E-state index in [1.807, 2.05) is 18.8 Å². The lowest BCUT2D eigenvalue weighted by Gasteiger charge is -2.26. The minimum absolute atomic E-state index is 0.0899. The summed E-state index contributed by atoms with van der Waals surface area (Å²) < 4.78 is 27.9. The Labute approximate surface area is 154 Å². The maximum Gasteiger partial charge on any atom is 0.253 e. The molecule has 1 atom stereocenters. The van der Waals surface area contributed by atoms with Gasteiger partial charge >= 0.3 is 0 Å². The zero-order valence-corrected chi connectivity index (χ0v) is 16.1. The van der Waals surface area contributed by atoms with Crippen molar-refractivity contribution in [3.63, 3.8) is 0 Å². The van der Waals surface area contributed by atoms with Gasteiger partial charge in [-0.1, -0.05) is 6.07 Å². The van der Waals surface area contributed by atoms with Crippen LogP contribution in [0.3, 0.4) is 0 Å². The third-order valence-electron chi connectivity index (χ3n) is 4.87. The number of likely N-dealkylation sites (tertiary alicyclic amines) is 1. The molecule has 2 aliphatic heterocycles. The van der Waals surface area contributed by atoms with Gasteiger partial charge in [-0.25, -0.2) is 13.1 Å². The second kappa shape index (κ2) is 8.07. The van der Waals surface area contributed by atoms with Gasteiger partial charge < -0.3 is 9.80 Å². The topological polar surface area (TPSA) is 69.7 Å². The molecule has 2 fully saturated rings. The summed E-state index contributed by atoms with van der Waals surface area (Å²) in [5.74, 6) is 1.77. The number of thioether (sulfide) groups is 1. The maximum absolute atomic E-state index is 12.6. The average molecular weight is 384 g/mol. The smallest absolute Gasteiger partial charge is 0.253 e. The normalized spacial score (nSPS) is 22.3. The molecule has 0 radical (unpaired) electrons. The molecule has 0 saturated carbocycles. The number of carbonyl (C=O) groups is 1. The Morgan fingerprint density at radius 2 is 2.04 bits per heavy atom. The van der Waals surface area contributed by atoms with Crippen molar-refractivity contribution in [2.75, 3.05) is 44.7 Å². The van der Waals surface area contributed by atoms with Crippen molar-refractivity contribution in [2.24, 2.45) is 0 Å². The number of hydrogen-bond donors (Lipinski definition) is 1. The Hall–Kier alpha value is -1.09. The molecule has 3 rings (SSSR count). The van der Waals surface area contributed by atoms with E-state index in [0.29, 0.717) is 25.2 Å². The Morgan fingerprint density at radius 1 is 1.28 bits per heavy atom. The first-order valence-electron chi connectivity index (χ1n) is 8.64. The molecule has 0 bridgehead atoms. The van der Waals surface area contributed by atoms with Gasteiger partial charge in [-0.2, -0.15) is 11.8 Å². The molecule has 6 nitrogen and oxygen atoms in total. The van der Waals surface area contributed by atoms with Crippen LogP contribution in [0.1, 0.15) is 23.2 Å². The number of nitrogens with zero attached hydrogens (tertiary/aromatic N) is 2. The summed E-state index contributed by atoms with van der Waals surface area (Å²) >= 11 is 1.83. The van der Waals surface area contributed by atoms with E-state index >= 15 is 0 Å². The molecule has 1 N–H and O–H groups in total. The van der Waals surface area contributed by atoms with Crippen LogP contribution in [-0.2, 0) is 10.0 Å². The van der Waals surface area contributed by atoms with Crippen LogP contribution in [0.5, 0.6) is 0 Å². The van der Waals surface area contributed by atoms with E-state index in [-0.39, 0.29) is 16.8 Å². The summed E-state index contributed by atoms with van der Waals surface area (Å²) in [7, 11) is -1.59. The summed E-state index contributed by atoms with van der Waals surface area (Å²) in [5.41, 5.74) is 0.438. The summed E-state index contributed by atoms with van der Waals surface area (Å²) in [6.45, 7) is 2.84. The number of amides is 1. The molecular weight excluding hydrogens is 358 g/mol. The monoisotopic (exact) mass is 383 g/mol. The molecule has 1 aromatic rings. The Bertz CT molecular complexity index is 718. The van der Waals surface area contributed by atoms with Crippen molar-refractivity contribution < 1.29 is 13.2 Å². The fraction of sp³-hybridized carbons (Fsp3) is 0.588. The molecule has 2 heterocycles. The van der Waals surface area contributed by atoms with Crippen molar-refractivity contribution in [2.45, 2.75) is 23.8 Å². The minimum Gasteiger partial charge on any atom is -0.337 e. The highest BCUT2D eigenvalue weighted by Gasteiger charge is 2.24. The van der Waals surface area contributed by atoms with Crippen LogP contribution in [0.4, 0.5) is 0 Å². The molecule has 1 aromatic carbocycles. The van der Waals surface area contributed by atoms with Gasteiger partial charge in [0, 0.05) is 42.7 Å². The molecular formula is C17H25N3O3S2. The van der Waals surface area contributed by atoms with Crippen LogP contribution in [0.2, 0.25) is 0 Å². The van der Waals surface area contributed by atoms with Crippen LogP contribution < -0.4 is 4.72 Å². The van der Waals surface area contributed by atoms with E-state index in [1.54, 1.807) is 23.1 Å². The van der Waals surface area contributed by atoms with Gasteiger partial charge in [-0.3, -0.25) is 4.79 Å². The van der Waals surface area contributed by atoms with Gasteiger partial charge in [-0.15, -0.1) is 0 Å². The number of benzene rings is 1. The zero-order valence-electron chi connectivity index (χ0n) is 14.5. The van der Waals surface area contributed by atoms with E-state index in [0.717, 1.165) is 30.9 Å². The first kappa shape index (κ1) is 18.7. The summed E-state index contributed by atoms with van der Waals surface area (Å²) in [4.78, 5) is 16.7. The molecule has 0 aromatic heterocycles. The average Bonchev–Trinajstić information content (AvgIpc) is 3.05. The molecule has 0 aliphatic carbocycles. The van der Waals surface area contributed by atoms with Gasteiger partial charge in [-0.05, 0) is 44.6 Å². The molecule has 138 valence electrons. The van der Waals surface area contributed by atoms with Gasteiger partial charge in [0.2, 0.25) is 10.0 Å². The standard InChI is InChI=1S/C17H25N3O3S2/c1-19-7-3-5-15(19)13-18-25(22,23)16-6-2-4-14(12-16)17(21)20-8-10-24-11-9-20/h2,4,6,12,15,18H,3,5,7-11,13H2,1H3. The fourth-order valence-corrected chi connectivity index (χ4v) is 5.29. The van der Waals surface area contributed by atoms with Crippen LogP contribution in [0.15, 0.2) is 29.2 Å². The van der Waals surface area contributed by atoms with Gasteiger partial charge in [0.25, 0.3) is 5.91 Å². The van der Waals surface area contributed by atoms with Crippen molar-refractivity contribution >= 4 is 27.7 Å². The molecule has 2 saturated heterocycles. The summed E-state index contributed by atoms with van der Waals surface area (Å²) in [6.07, 6.45) is 2.10. The third kappa shape index (κ3) is 4.55. The van der Waals surface area contributed by atoms with Gasteiger partial charge in [0.15, 0.2) is 0 Å². The summed E-state index contributed by atoms with van der Waals surface area (Å²) in [5, 5.41) is 0. The van der Waals surface area contributed by atoms with Gasteiger partial charge in [0.1, 0.15) is 0 Å². The van der Waals surface area contributed by atoms with E-state index in [1.165, 1.54) is 6.07 Å². The van der Waals surface area contributed by atoms with Crippen LogP contribution in [0.25, 0.3) is 0 Å². The largest absolute Gasteiger partial charge is 0.337 e. The molecule has 8 heteroatoms. The second-order valence-electron chi connectivity index (χ2n) is 6.56. The molecule has 0 spiro atoms. The molecule has 25 heavy (non-hydrogen) atoms. The number of carbonyl (C=O) groups excluding carboxylic acids is 1. The molecule has 2 aliphatic rings. The number of likely N-dealkylation sites (N-methyl/N-ethyl adjacent to an activating group) is 1. The van der Waals surface area contributed by atoms with Crippen molar-refractivity contribution in [3.05, 3.63) is 29.8 Å². The highest BCUT2D eigenvalue weighted by Crippen LogP contribution is 2.18. The lowest BCUT2D eigenvalue weighted by atomic mass is 10.2. The number of hydrogen-bond acceptors (Lipinski definition) is 5. The Morgan fingerprint density at radius 3 is 2.72 bits per heavy atom. The van der Waals surface area contributed by atoms with E-state index in [9.17, 15) is 13.2 Å².